The van der Waals surface area contributed by atoms with Crippen LogP contribution in [0.4, 0.5) is 4.39 Å². The van der Waals surface area contributed by atoms with Crippen LogP contribution >= 0.6 is 23.2 Å². The van der Waals surface area contributed by atoms with Crippen molar-refractivity contribution >= 4 is 35.1 Å². The van der Waals surface area contributed by atoms with Gasteiger partial charge in [0.1, 0.15) is 23.7 Å². The van der Waals surface area contributed by atoms with E-state index in [1.807, 2.05) is 20.8 Å². The van der Waals surface area contributed by atoms with Gasteiger partial charge >= 0.3 is 5.97 Å². The Bertz CT molecular complexity index is 1300. The van der Waals surface area contributed by atoms with Crippen molar-refractivity contribution in [2.75, 3.05) is 6.61 Å². The van der Waals surface area contributed by atoms with E-state index in [1.54, 1.807) is 31.2 Å². The molecule has 0 aliphatic carbocycles. The Morgan fingerprint density at radius 2 is 1.81 bits per heavy atom. The number of rotatable bonds is 9. The van der Waals surface area contributed by atoms with Crippen molar-refractivity contribution in [2.24, 2.45) is 5.41 Å². The number of halogens is 3. The van der Waals surface area contributed by atoms with E-state index in [4.69, 9.17) is 27.9 Å². The zero-order valence-electron chi connectivity index (χ0n) is 20.8. The fourth-order valence-electron chi connectivity index (χ4n) is 3.24. The van der Waals surface area contributed by atoms with Gasteiger partial charge in [0.2, 0.25) is 5.88 Å². The first-order chi connectivity index (χ1) is 17.2. The molecule has 3 aromatic rings. The molecule has 0 radical (unpaired) electrons. The van der Waals surface area contributed by atoms with Crippen molar-refractivity contribution in [3.05, 3.63) is 75.7 Å². The van der Waals surface area contributed by atoms with Crippen molar-refractivity contribution in [2.45, 2.75) is 45.8 Å². The van der Waals surface area contributed by atoms with Gasteiger partial charge in [-0.25, -0.2) is 4.39 Å². The van der Waals surface area contributed by atoms with Gasteiger partial charge in [-0.15, -0.1) is 0 Å². The normalized spacial score (nSPS) is 14.1. The molecule has 8 nitrogen and oxygen atoms in total. The number of hydrogen-bond acceptors (Lipinski definition) is 5. The summed E-state index contributed by atoms with van der Waals surface area (Å²) in [5.74, 6) is -2.52. The number of nitrogens with one attached hydrogen (secondary N) is 1. The summed E-state index contributed by atoms with van der Waals surface area (Å²) in [5.41, 5.74) is -1.64. The van der Waals surface area contributed by atoms with Gasteiger partial charge in [-0.2, -0.15) is 9.78 Å². The van der Waals surface area contributed by atoms with Gasteiger partial charge in [-0.3, -0.25) is 9.59 Å². The number of carbonyl (C=O) groups is 2. The smallest absolute Gasteiger partial charge is 0.305 e. The van der Waals surface area contributed by atoms with Gasteiger partial charge in [-0.05, 0) is 36.1 Å². The summed E-state index contributed by atoms with van der Waals surface area (Å²) >= 11 is 12.3. The minimum Gasteiger partial charge on any atom is -0.481 e. The van der Waals surface area contributed by atoms with Crippen LogP contribution in [-0.2, 0) is 4.79 Å². The molecule has 0 bridgehead atoms. The zero-order valence-corrected chi connectivity index (χ0v) is 22.3. The van der Waals surface area contributed by atoms with E-state index in [0.29, 0.717) is 5.56 Å². The predicted octanol–water partition coefficient (Wildman–Crippen LogP) is 5.44. The van der Waals surface area contributed by atoms with Gasteiger partial charge in [0, 0.05) is 6.07 Å². The maximum atomic E-state index is 14.6. The molecule has 0 aliphatic rings. The molecular formula is C26H28Cl2FN3O5. The number of ether oxygens (including phenoxy) is 1. The minimum absolute atomic E-state index is 0.00958. The van der Waals surface area contributed by atoms with Crippen molar-refractivity contribution in [1.29, 1.82) is 0 Å². The highest BCUT2D eigenvalue weighted by molar-refractivity contribution is 6.42. The fourth-order valence-corrected chi connectivity index (χ4v) is 3.68. The van der Waals surface area contributed by atoms with E-state index < -0.39 is 41.2 Å². The molecule has 3 rings (SSSR count). The lowest BCUT2D eigenvalue weighted by atomic mass is 9.78. The Hall–Kier alpha value is -3.14. The third-order valence-corrected chi connectivity index (χ3v) is 6.98. The summed E-state index contributed by atoms with van der Waals surface area (Å²) in [6.45, 7) is 6.96. The first kappa shape index (κ1) is 28.4. The summed E-state index contributed by atoms with van der Waals surface area (Å²) in [7, 11) is 0. The van der Waals surface area contributed by atoms with E-state index >= 15 is 0 Å². The molecule has 0 aliphatic heterocycles. The van der Waals surface area contributed by atoms with Crippen LogP contribution in [-0.4, -0.2) is 44.1 Å². The predicted molar refractivity (Wildman–Crippen MR) is 138 cm³/mol. The van der Waals surface area contributed by atoms with Crippen molar-refractivity contribution in [3.63, 3.8) is 0 Å². The fraction of sp³-hybridized carbons (Fsp3) is 0.346. The van der Waals surface area contributed by atoms with Gasteiger partial charge in [-0.1, -0.05) is 68.2 Å². The molecule has 1 amide bonds. The standard InChI is InChI=1S/C26H28Cl2FN3O5/c1-25(2,3)26(4,36)14-37-21-12-19(31-32(21)20-11-6-5-10-17(20)29)24(35)30-18(13-22(33)34)15-8-7-9-16(27)23(15)28/h5-12,18,36H,13-14H2,1-4H3,(H,30,35)(H,33,34)/t18-,26-/m0/s1. The van der Waals surface area contributed by atoms with E-state index in [0.717, 1.165) is 4.68 Å². The largest absolute Gasteiger partial charge is 0.481 e. The average Bonchev–Trinajstić information content (AvgIpc) is 3.22. The second kappa shape index (κ2) is 11.1. The monoisotopic (exact) mass is 551 g/mol. The van der Waals surface area contributed by atoms with Crippen LogP contribution in [0.15, 0.2) is 48.5 Å². The highest BCUT2D eigenvalue weighted by Crippen LogP contribution is 2.33. The quantitative estimate of drug-likeness (QED) is 0.326. The molecule has 0 spiro atoms. The topological polar surface area (TPSA) is 114 Å². The maximum Gasteiger partial charge on any atom is 0.305 e. The van der Waals surface area contributed by atoms with E-state index in [1.165, 1.54) is 24.3 Å². The lowest BCUT2D eigenvalue weighted by molar-refractivity contribution is -0.137. The summed E-state index contributed by atoms with van der Waals surface area (Å²) in [6.07, 6.45) is -0.475. The third kappa shape index (κ3) is 6.60. The number of para-hydroxylation sites is 1. The van der Waals surface area contributed by atoms with Crippen LogP contribution in [0.25, 0.3) is 5.69 Å². The van der Waals surface area contributed by atoms with Crippen LogP contribution in [0, 0.1) is 11.2 Å². The highest BCUT2D eigenvalue weighted by atomic mass is 35.5. The molecule has 0 saturated heterocycles. The molecule has 0 unspecified atom stereocenters. The Morgan fingerprint density at radius 1 is 1.14 bits per heavy atom. The van der Waals surface area contributed by atoms with Crippen molar-refractivity contribution in [3.8, 4) is 11.6 Å². The summed E-state index contributed by atoms with van der Waals surface area (Å²) in [4.78, 5) is 24.7. The van der Waals surface area contributed by atoms with Crippen molar-refractivity contribution < 1.29 is 28.9 Å². The number of amides is 1. The lowest BCUT2D eigenvalue weighted by Crippen LogP contribution is -2.45. The molecule has 3 N–H and O–H groups in total. The third-order valence-electron chi connectivity index (χ3n) is 6.15. The maximum absolute atomic E-state index is 14.6. The Balaban J connectivity index is 1.98. The number of hydrogen-bond donors (Lipinski definition) is 3. The average molecular weight is 552 g/mol. The number of aromatic nitrogens is 2. The second-order valence-corrected chi connectivity index (χ2v) is 10.6. The molecule has 11 heteroatoms. The van der Waals surface area contributed by atoms with Gasteiger partial charge in [0.05, 0.1) is 22.5 Å². The van der Waals surface area contributed by atoms with E-state index in [9.17, 15) is 24.2 Å². The number of aliphatic hydroxyl groups is 1. The van der Waals surface area contributed by atoms with Crippen LogP contribution in [0.1, 0.15) is 56.2 Å². The van der Waals surface area contributed by atoms with Gasteiger partial charge < -0.3 is 20.3 Å². The molecule has 0 saturated carbocycles. The van der Waals surface area contributed by atoms with Crippen LogP contribution in [0.3, 0.4) is 0 Å². The number of carbonyl (C=O) groups excluding carboxylic acids is 1. The molecule has 2 atom stereocenters. The van der Waals surface area contributed by atoms with Crippen LogP contribution in [0.2, 0.25) is 10.0 Å². The molecule has 1 aromatic heterocycles. The number of carboxylic acid groups (broad SMARTS) is 1. The number of aliphatic carboxylic acids is 1. The number of nitrogens with zero attached hydrogens (tertiary/aromatic N) is 2. The van der Waals surface area contributed by atoms with Crippen LogP contribution < -0.4 is 10.1 Å². The van der Waals surface area contributed by atoms with E-state index in [2.05, 4.69) is 10.4 Å². The van der Waals surface area contributed by atoms with Gasteiger partial charge in [0.15, 0.2) is 5.69 Å². The SMILES string of the molecule is CC(C)(C)[C@@](C)(O)COc1cc(C(=O)N[C@@H](CC(=O)O)c2cccc(Cl)c2Cl)nn1-c1ccccc1F. The Labute approximate surface area is 224 Å². The molecule has 1 heterocycles. The first-order valence-corrected chi connectivity index (χ1v) is 12.1. The molecular weight excluding hydrogens is 524 g/mol. The van der Waals surface area contributed by atoms with Gasteiger partial charge in [0.25, 0.3) is 5.91 Å². The first-order valence-electron chi connectivity index (χ1n) is 11.4. The zero-order chi connectivity index (χ0) is 27.5. The van der Waals surface area contributed by atoms with E-state index in [-0.39, 0.29) is 33.9 Å². The molecule has 2 aromatic carbocycles. The van der Waals surface area contributed by atoms with Crippen molar-refractivity contribution in [1.82, 2.24) is 15.1 Å². The highest BCUT2D eigenvalue weighted by Gasteiger charge is 2.36. The lowest BCUT2D eigenvalue weighted by Gasteiger charge is -2.36. The van der Waals surface area contributed by atoms with Crippen LogP contribution in [0.5, 0.6) is 5.88 Å². The molecule has 0 fully saturated rings. The molecule has 37 heavy (non-hydrogen) atoms. The molecule has 198 valence electrons. The second-order valence-electron chi connectivity index (χ2n) is 9.81. The number of carboxylic acids is 1. The Kier molecular flexibility index (Phi) is 8.52. The minimum atomic E-state index is -1.27. The Morgan fingerprint density at radius 3 is 2.43 bits per heavy atom. The summed E-state index contributed by atoms with van der Waals surface area (Å²) in [5, 5.41) is 27.4. The summed E-state index contributed by atoms with van der Waals surface area (Å²) < 4.78 is 21.6. The number of benzene rings is 2. The summed E-state index contributed by atoms with van der Waals surface area (Å²) in [6, 6.07) is 10.7.